The van der Waals surface area contributed by atoms with Crippen molar-refractivity contribution in [1.82, 2.24) is 4.31 Å². The highest BCUT2D eigenvalue weighted by Crippen LogP contribution is 2.62. The molecule has 2 aromatic rings. The van der Waals surface area contributed by atoms with Gasteiger partial charge in [-0.1, -0.05) is 6.07 Å². The van der Waals surface area contributed by atoms with E-state index in [1.54, 1.807) is 17.0 Å². The third-order valence-electron chi connectivity index (χ3n) is 9.50. The number of sulfonamides is 1. The van der Waals surface area contributed by atoms with Crippen molar-refractivity contribution in [3.05, 3.63) is 53.6 Å². The SMILES string of the molecule is CS(=O)(=O)CNc1ccc2c(c1)C1(CCC3(CC3)CC1)CN2C(=O)c1cccc(S(=O)(=O)N2CCC(F)(F)CC2)c1. The van der Waals surface area contributed by atoms with Crippen molar-refractivity contribution in [3.8, 4) is 0 Å². The minimum absolute atomic E-state index is 0.0867. The number of sulfone groups is 1. The summed E-state index contributed by atoms with van der Waals surface area (Å²) in [6.07, 6.45) is 6.60. The van der Waals surface area contributed by atoms with Gasteiger partial charge in [0.1, 0.15) is 5.88 Å². The van der Waals surface area contributed by atoms with Crippen molar-refractivity contribution in [3.63, 3.8) is 0 Å². The van der Waals surface area contributed by atoms with E-state index >= 15 is 0 Å². The smallest absolute Gasteiger partial charge is 0.258 e. The van der Waals surface area contributed by atoms with E-state index in [0.29, 0.717) is 17.6 Å². The number of benzene rings is 2. The Morgan fingerprint density at radius 1 is 0.902 bits per heavy atom. The number of hydrogen-bond donors (Lipinski definition) is 1. The van der Waals surface area contributed by atoms with Crippen LogP contribution in [0.5, 0.6) is 0 Å². The molecule has 41 heavy (non-hydrogen) atoms. The van der Waals surface area contributed by atoms with Crippen LogP contribution >= 0.6 is 0 Å². The number of halogens is 2. The van der Waals surface area contributed by atoms with Gasteiger partial charge in [0.2, 0.25) is 10.0 Å². The summed E-state index contributed by atoms with van der Waals surface area (Å²) >= 11 is 0. The van der Waals surface area contributed by atoms with E-state index in [9.17, 15) is 30.4 Å². The lowest BCUT2D eigenvalue weighted by atomic mass is 9.66. The molecular weight excluding hydrogens is 572 g/mol. The van der Waals surface area contributed by atoms with E-state index in [4.69, 9.17) is 0 Å². The van der Waals surface area contributed by atoms with Gasteiger partial charge in [-0.3, -0.25) is 4.79 Å². The lowest BCUT2D eigenvalue weighted by molar-refractivity contribution is -0.0412. The topological polar surface area (TPSA) is 104 Å². The quantitative estimate of drug-likeness (QED) is 0.508. The van der Waals surface area contributed by atoms with E-state index in [1.165, 1.54) is 37.3 Å². The van der Waals surface area contributed by atoms with E-state index in [1.807, 2.05) is 12.1 Å². The summed E-state index contributed by atoms with van der Waals surface area (Å²) < 4.78 is 78.4. The molecule has 12 heteroatoms. The molecule has 0 unspecified atom stereocenters. The van der Waals surface area contributed by atoms with E-state index in [0.717, 1.165) is 41.2 Å². The molecular formula is C29H35F2N3O5S2. The van der Waals surface area contributed by atoms with Crippen molar-refractivity contribution in [2.45, 2.75) is 67.6 Å². The number of nitrogens with zero attached hydrogens (tertiary/aromatic N) is 2. The lowest BCUT2D eigenvalue weighted by Crippen LogP contribution is -2.42. The van der Waals surface area contributed by atoms with Gasteiger partial charge in [0.25, 0.3) is 11.8 Å². The number of rotatable bonds is 6. The Morgan fingerprint density at radius 3 is 2.20 bits per heavy atom. The van der Waals surface area contributed by atoms with Gasteiger partial charge in [-0.05, 0) is 85.9 Å². The number of anilines is 2. The maximum Gasteiger partial charge on any atom is 0.258 e. The molecule has 1 amide bonds. The molecule has 0 bridgehead atoms. The molecule has 4 aliphatic rings. The Bertz CT molecular complexity index is 1590. The van der Waals surface area contributed by atoms with Crippen molar-refractivity contribution in [2.75, 3.05) is 42.0 Å². The van der Waals surface area contributed by atoms with Gasteiger partial charge in [0, 0.05) is 61.1 Å². The highest BCUT2D eigenvalue weighted by atomic mass is 32.2. The minimum Gasteiger partial charge on any atom is -0.372 e. The zero-order valence-electron chi connectivity index (χ0n) is 23.0. The first kappa shape index (κ1) is 28.5. The number of hydrogen-bond acceptors (Lipinski definition) is 6. The Labute approximate surface area is 240 Å². The van der Waals surface area contributed by atoms with Crippen LogP contribution in [0.15, 0.2) is 47.4 Å². The predicted octanol–water partition coefficient (Wildman–Crippen LogP) is 4.77. The van der Waals surface area contributed by atoms with Crippen LogP contribution in [0.25, 0.3) is 0 Å². The van der Waals surface area contributed by atoms with Crippen molar-refractivity contribution < 1.29 is 30.4 Å². The standard InChI is InChI=1S/C29H35F2N3O5S2/c1-40(36,37)20-32-22-5-6-25-24(18-22)28(11-9-27(7-8-27)10-12-28)19-34(25)26(35)21-3-2-4-23(17-21)41(38,39)33-15-13-29(30,31)14-16-33/h2-6,17-18,32H,7-16,19-20H2,1H3. The molecule has 0 atom stereocenters. The van der Waals surface area contributed by atoms with Crippen LogP contribution in [0.4, 0.5) is 20.2 Å². The molecule has 2 aliphatic carbocycles. The number of nitrogens with one attached hydrogen (secondary N) is 1. The number of carbonyl (C=O) groups excluding carboxylic acids is 1. The van der Waals surface area contributed by atoms with Crippen LogP contribution in [0, 0.1) is 5.41 Å². The first-order valence-corrected chi connectivity index (χ1v) is 17.6. The Balaban J connectivity index is 1.30. The van der Waals surface area contributed by atoms with Crippen molar-refractivity contribution in [1.29, 1.82) is 0 Å². The number of piperidine rings is 1. The molecule has 2 aromatic carbocycles. The van der Waals surface area contributed by atoms with Gasteiger partial charge < -0.3 is 10.2 Å². The molecule has 8 nitrogen and oxygen atoms in total. The summed E-state index contributed by atoms with van der Waals surface area (Å²) in [5.41, 5.74) is 2.82. The second-order valence-corrected chi connectivity index (χ2v) is 16.5. The predicted molar refractivity (Wildman–Crippen MR) is 153 cm³/mol. The largest absolute Gasteiger partial charge is 0.372 e. The molecule has 2 spiro atoms. The van der Waals surface area contributed by atoms with E-state index in [2.05, 4.69) is 5.32 Å². The van der Waals surface area contributed by atoms with Gasteiger partial charge in [-0.2, -0.15) is 4.31 Å². The maximum absolute atomic E-state index is 14.0. The molecule has 0 aromatic heterocycles. The molecule has 1 saturated heterocycles. The number of amides is 1. The highest BCUT2D eigenvalue weighted by molar-refractivity contribution is 7.90. The number of fused-ring (bicyclic) bond motifs is 2. The second kappa shape index (κ2) is 9.74. The van der Waals surface area contributed by atoms with Crippen LogP contribution < -0.4 is 10.2 Å². The van der Waals surface area contributed by atoms with Gasteiger partial charge in [-0.15, -0.1) is 0 Å². The minimum atomic E-state index is -4.04. The second-order valence-electron chi connectivity index (χ2n) is 12.4. The van der Waals surface area contributed by atoms with Crippen molar-refractivity contribution in [2.24, 2.45) is 5.41 Å². The zero-order valence-corrected chi connectivity index (χ0v) is 24.7. The summed E-state index contributed by atoms with van der Waals surface area (Å²) in [5, 5.41) is 2.99. The van der Waals surface area contributed by atoms with Gasteiger partial charge >= 0.3 is 0 Å². The highest BCUT2D eigenvalue weighted by Gasteiger charge is 2.53. The fourth-order valence-corrected chi connectivity index (χ4v) is 8.60. The first-order chi connectivity index (χ1) is 19.2. The van der Waals surface area contributed by atoms with Gasteiger partial charge in [0.15, 0.2) is 9.84 Å². The van der Waals surface area contributed by atoms with E-state index in [-0.39, 0.29) is 40.7 Å². The van der Waals surface area contributed by atoms with Crippen molar-refractivity contribution >= 4 is 37.1 Å². The summed E-state index contributed by atoms with van der Waals surface area (Å²) in [4.78, 5) is 15.6. The van der Waals surface area contributed by atoms with Crippen LogP contribution in [-0.4, -0.2) is 64.7 Å². The fraction of sp³-hybridized carbons (Fsp3) is 0.552. The summed E-state index contributed by atoms with van der Waals surface area (Å²) in [5.74, 6) is -3.39. The lowest BCUT2D eigenvalue weighted by Gasteiger charge is -2.38. The maximum atomic E-state index is 14.0. The van der Waals surface area contributed by atoms with Crippen LogP contribution in [0.1, 0.15) is 67.3 Å². The Morgan fingerprint density at radius 2 is 1.56 bits per heavy atom. The molecule has 1 N–H and O–H groups in total. The molecule has 2 aliphatic heterocycles. The number of carbonyl (C=O) groups is 1. The van der Waals surface area contributed by atoms with Gasteiger partial charge in [0.05, 0.1) is 4.90 Å². The monoisotopic (exact) mass is 607 g/mol. The first-order valence-electron chi connectivity index (χ1n) is 14.1. The van der Waals surface area contributed by atoms with E-state index < -0.39 is 38.6 Å². The molecule has 0 radical (unpaired) electrons. The normalized spacial score (nSPS) is 23.0. The fourth-order valence-electron chi connectivity index (χ4n) is 6.69. The van der Waals surface area contributed by atoms with Crippen LogP contribution in [-0.2, 0) is 25.3 Å². The summed E-state index contributed by atoms with van der Waals surface area (Å²) in [7, 11) is -7.27. The molecule has 6 rings (SSSR count). The number of alkyl halides is 2. The average Bonchev–Trinajstić information content (AvgIpc) is 3.62. The Kier molecular flexibility index (Phi) is 6.78. The Hall–Kier alpha value is -2.57. The molecule has 2 saturated carbocycles. The third kappa shape index (κ3) is 5.50. The third-order valence-corrected chi connectivity index (χ3v) is 12.1. The van der Waals surface area contributed by atoms with Gasteiger partial charge in [-0.25, -0.2) is 25.6 Å². The summed E-state index contributed by atoms with van der Waals surface area (Å²) in [6, 6.07) is 11.4. The molecule has 2 heterocycles. The average molecular weight is 608 g/mol. The van der Waals surface area contributed by atoms with Crippen LogP contribution in [0.2, 0.25) is 0 Å². The molecule has 222 valence electrons. The summed E-state index contributed by atoms with van der Waals surface area (Å²) in [6.45, 7) is -0.0790. The van der Waals surface area contributed by atoms with Crippen LogP contribution in [0.3, 0.4) is 0 Å². The molecule has 3 fully saturated rings. The zero-order chi connectivity index (χ0) is 29.3.